The molecule has 3 rings (SSSR count). The summed E-state index contributed by atoms with van der Waals surface area (Å²) in [7, 11) is 0. The molecule has 5 heteroatoms. The number of rotatable bonds is 7. The maximum atomic E-state index is 9.60. The Hall–Kier alpha value is -1.14. The van der Waals surface area contributed by atoms with E-state index in [-0.39, 0.29) is 6.61 Å². The van der Waals surface area contributed by atoms with Crippen LogP contribution in [0.1, 0.15) is 37.3 Å². The van der Waals surface area contributed by atoms with Crippen LogP contribution < -0.4 is 4.74 Å². The summed E-state index contributed by atoms with van der Waals surface area (Å²) in [5.41, 5.74) is 2.10. The van der Waals surface area contributed by atoms with E-state index in [2.05, 4.69) is 21.9 Å². The zero-order chi connectivity index (χ0) is 17.5. The number of hydrogen-bond donors (Lipinski definition) is 1. The Morgan fingerprint density at radius 2 is 1.96 bits per heavy atom. The molecule has 0 spiro atoms. The van der Waals surface area contributed by atoms with E-state index in [0.717, 1.165) is 50.5 Å². The van der Waals surface area contributed by atoms with E-state index in [1.54, 1.807) is 0 Å². The van der Waals surface area contributed by atoms with Gasteiger partial charge in [-0.2, -0.15) is 0 Å². The molecule has 25 heavy (non-hydrogen) atoms. The van der Waals surface area contributed by atoms with Crippen LogP contribution in [-0.4, -0.2) is 66.9 Å². The van der Waals surface area contributed by atoms with Gasteiger partial charge in [-0.1, -0.05) is 6.07 Å². The van der Waals surface area contributed by atoms with Crippen molar-refractivity contribution in [2.45, 2.75) is 45.4 Å². The highest BCUT2D eigenvalue weighted by Gasteiger charge is 2.23. The molecule has 0 amide bonds. The summed E-state index contributed by atoms with van der Waals surface area (Å²) < 4.78 is 11.7. The average Bonchev–Trinajstić information content (AvgIpc) is 3.03. The first kappa shape index (κ1) is 18.6. The van der Waals surface area contributed by atoms with E-state index >= 15 is 0 Å². The molecule has 1 aromatic carbocycles. The van der Waals surface area contributed by atoms with E-state index in [1.807, 2.05) is 13.0 Å². The third-order valence-electron chi connectivity index (χ3n) is 5.10. The molecule has 2 heterocycles. The van der Waals surface area contributed by atoms with Crippen molar-refractivity contribution >= 4 is 0 Å². The summed E-state index contributed by atoms with van der Waals surface area (Å²) in [5, 5.41) is 9.60. The fourth-order valence-corrected chi connectivity index (χ4v) is 3.89. The van der Waals surface area contributed by atoms with Gasteiger partial charge in [-0.05, 0) is 57.0 Å². The van der Waals surface area contributed by atoms with Gasteiger partial charge in [0.25, 0.3) is 0 Å². The van der Waals surface area contributed by atoms with Crippen LogP contribution in [0.3, 0.4) is 0 Å². The second-order valence-electron chi connectivity index (χ2n) is 7.12. The first-order valence-corrected chi connectivity index (χ1v) is 9.70. The largest absolute Gasteiger partial charge is 0.494 e. The first-order valence-electron chi connectivity index (χ1n) is 9.70. The summed E-state index contributed by atoms with van der Waals surface area (Å²) in [4.78, 5) is 5.03. The Morgan fingerprint density at radius 3 is 2.72 bits per heavy atom. The van der Waals surface area contributed by atoms with Gasteiger partial charge >= 0.3 is 0 Å². The van der Waals surface area contributed by atoms with Gasteiger partial charge in [-0.15, -0.1) is 0 Å². The number of nitrogens with zero attached hydrogens (tertiary/aromatic N) is 2. The highest BCUT2D eigenvalue weighted by atomic mass is 16.5. The van der Waals surface area contributed by atoms with Gasteiger partial charge in [-0.3, -0.25) is 4.90 Å². The Kier molecular flexibility index (Phi) is 7.11. The van der Waals surface area contributed by atoms with E-state index in [9.17, 15) is 5.11 Å². The smallest absolute Gasteiger partial charge is 0.124 e. The molecule has 2 aliphatic rings. The van der Waals surface area contributed by atoms with Crippen LogP contribution in [0.2, 0.25) is 0 Å². The minimum atomic E-state index is 0.0177. The van der Waals surface area contributed by atoms with E-state index in [4.69, 9.17) is 9.47 Å². The predicted molar refractivity (Wildman–Crippen MR) is 98.8 cm³/mol. The van der Waals surface area contributed by atoms with Crippen molar-refractivity contribution in [2.24, 2.45) is 0 Å². The van der Waals surface area contributed by atoms with Crippen molar-refractivity contribution < 1.29 is 14.6 Å². The van der Waals surface area contributed by atoms with Gasteiger partial charge in [0, 0.05) is 38.3 Å². The monoisotopic (exact) mass is 348 g/mol. The van der Waals surface area contributed by atoms with Crippen LogP contribution in [0.25, 0.3) is 0 Å². The molecule has 0 aromatic heterocycles. The lowest BCUT2D eigenvalue weighted by Crippen LogP contribution is -2.39. The van der Waals surface area contributed by atoms with Crippen molar-refractivity contribution in [1.82, 2.24) is 9.80 Å². The normalized spacial score (nSPS) is 22.9. The molecular weight excluding hydrogens is 316 g/mol. The van der Waals surface area contributed by atoms with Gasteiger partial charge in [0.15, 0.2) is 0 Å². The summed E-state index contributed by atoms with van der Waals surface area (Å²) in [6.45, 7) is 9.92. The van der Waals surface area contributed by atoms with Crippen LogP contribution in [-0.2, 0) is 17.9 Å². The van der Waals surface area contributed by atoms with Crippen molar-refractivity contribution in [3.05, 3.63) is 29.3 Å². The summed E-state index contributed by atoms with van der Waals surface area (Å²) in [6.07, 6.45) is 4.04. The van der Waals surface area contributed by atoms with Gasteiger partial charge in [0.05, 0.1) is 19.3 Å². The molecule has 0 unspecified atom stereocenters. The van der Waals surface area contributed by atoms with E-state index in [1.165, 1.54) is 31.5 Å². The van der Waals surface area contributed by atoms with Crippen LogP contribution in [0.15, 0.2) is 18.2 Å². The molecule has 140 valence electrons. The molecule has 1 N–H and O–H groups in total. The zero-order valence-corrected chi connectivity index (χ0v) is 15.5. The second kappa shape index (κ2) is 9.53. The molecule has 2 aliphatic heterocycles. The standard InChI is InChI=1S/C20H32N2O3/c1-2-24-20-7-6-17(12-18(20)16-23)13-22-10-5-11-25-19(15-22)14-21-8-3-4-9-21/h6-7,12,19,23H,2-5,8-11,13-16H2,1H3/t19-/m1/s1. The summed E-state index contributed by atoms with van der Waals surface area (Å²) >= 11 is 0. The van der Waals surface area contributed by atoms with E-state index in [0.29, 0.717) is 12.7 Å². The minimum Gasteiger partial charge on any atom is -0.494 e. The van der Waals surface area contributed by atoms with Crippen LogP contribution >= 0.6 is 0 Å². The first-order chi connectivity index (χ1) is 12.3. The third-order valence-corrected chi connectivity index (χ3v) is 5.10. The number of ether oxygens (including phenoxy) is 2. The molecule has 0 radical (unpaired) electrons. The highest BCUT2D eigenvalue weighted by Crippen LogP contribution is 2.22. The van der Waals surface area contributed by atoms with Gasteiger partial charge in [0.1, 0.15) is 5.75 Å². The van der Waals surface area contributed by atoms with E-state index < -0.39 is 0 Å². The maximum absolute atomic E-state index is 9.60. The Labute approximate surface area is 151 Å². The number of aliphatic hydroxyl groups is 1. The Morgan fingerprint density at radius 1 is 1.16 bits per heavy atom. The Balaban J connectivity index is 1.60. The molecule has 0 aliphatic carbocycles. The van der Waals surface area contributed by atoms with Crippen LogP contribution in [0.5, 0.6) is 5.75 Å². The molecule has 2 fully saturated rings. The highest BCUT2D eigenvalue weighted by molar-refractivity contribution is 5.37. The fraction of sp³-hybridized carbons (Fsp3) is 0.700. The Bertz CT molecular complexity index is 532. The lowest BCUT2D eigenvalue weighted by molar-refractivity contribution is 0.0308. The SMILES string of the molecule is CCOc1ccc(CN2CCCO[C@H](CN3CCCC3)C2)cc1CO. The molecule has 0 bridgehead atoms. The summed E-state index contributed by atoms with van der Waals surface area (Å²) in [6, 6.07) is 6.18. The second-order valence-corrected chi connectivity index (χ2v) is 7.12. The van der Waals surface area contributed by atoms with Gasteiger partial charge in [-0.25, -0.2) is 0 Å². The van der Waals surface area contributed by atoms with Crippen molar-refractivity contribution in [1.29, 1.82) is 0 Å². The quantitative estimate of drug-likeness (QED) is 0.819. The van der Waals surface area contributed by atoms with Crippen LogP contribution in [0.4, 0.5) is 0 Å². The van der Waals surface area contributed by atoms with Crippen LogP contribution in [0, 0.1) is 0 Å². The van der Waals surface area contributed by atoms with Gasteiger partial charge in [0.2, 0.25) is 0 Å². The lowest BCUT2D eigenvalue weighted by atomic mass is 10.1. The molecule has 5 nitrogen and oxygen atoms in total. The maximum Gasteiger partial charge on any atom is 0.124 e. The van der Waals surface area contributed by atoms with Crippen molar-refractivity contribution in [3.8, 4) is 5.75 Å². The number of aliphatic hydroxyl groups excluding tert-OH is 1. The molecule has 2 saturated heterocycles. The molecule has 1 atom stereocenters. The lowest BCUT2D eigenvalue weighted by Gasteiger charge is -2.27. The van der Waals surface area contributed by atoms with Crippen molar-refractivity contribution in [3.63, 3.8) is 0 Å². The zero-order valence-electron chi connectivity index (χ0n) is 15.5. The molecule has 0 saturated carbocycles. The average molecular weight is 348 g/mol. The number of hydrogen-bond acceptors (Lipinski definition) is 5. The molecule has 1 aromatic rings. The summed E-state index contributed by atoms with van der Waals surface area (Å²) in [5.74, 6) is 0.792. The topological polar surface area (TPSA) is 45.2 Å². The minimum absolute atomic E-state index is 0.0177. The number of benzene rings is 1. The fourth-order valence-electron chi connectivity index (χ4n) is 3.89. The number of likely N-dealkylation sites (tertiary alicyclic amines) is 1. The molecular formula is C20H32N2O3. The van der Waals surface area contributed by atoms with Crippen molar-refractivity contribution in [2.75, 3.05) is 45.9 Å². The predicted octanol–water partition coefficient (Wildman–Crippen LogP) is 2.26. The van der Waals surface area contributed by atoms with Gasteiger partial charge < -0.3 is 19.5 Å². The third kappa shape index (κ3) is 5.42.